The SMILES string of the molecule is CSCCCn1c(=O)[nH]cc(Br)c1=O. The van der Waals surface area contributed by atoms with Crippen LogP contribution in [0.3, 0.4) is 0 Å². The summed E-state index contributed by atoms with van der Waals surface area (Å²) >= 11 is 4.78. The topological polar surface area (TPSA) is 54.9 Å². The lowest BCUT2D eigenvalue weighted by atomic mass is 10.4. The van der Waals surface area contributed by atoms with Crippen LogP contribution in [0, 0.1) is 0 Å². The Bertz CT molecular complexity index is 413. The summed E-state index contributed by atoms with van der Waals surface area (Å²) in [6, 6.07) is 0. The number of nitrogens with zero attached hydrogens (tertiary/aromatic N) is 1. The van der Waals surface area contributed by atoms with Crippen molar-refractivity contribution in [3.8, 4) is 0 Å². The molecule has 1 N–H and O–H groups in total. The molecule has 0 aliphatic carbocycles. The molecule has 0 radical (unpaired) electrons. The van der Waals surface area contributed by atoms with Gasteiger partial charge in [0.1, 0.15) is 0 Å². The van der Waals surface area contributed by atoms with Gasteiger partial charge in [-0.25, -0.2) is 4.79 Å². The van der Waals surface area contributed by atoms with E-state index in [1.807, 2.05) is 6.26 Å². The van der Waals surface area contributed by atoms with Gasteiger partial charge in [0.2, 0.25) is 0 Å². The molecule has 6 heteroatoms. The Kier molecular flexibility index (Phi) is 4.47. The molecule has 78 valence electrons. The molecule has 0 amide bonds. The number of thioether (sulfide) groups is 1. The summed E-state index contributed by atoms with van der Waals surface area (Å²) in [6.45, 7) is 0.467. The van der Waals surface area contributed by atoms with Crippen molar-refractivity contribution in [1.82, 2.24) is 9.55 Å². The predicted molar refractivity (Wildman–Crippen MR) is 62.0 cm³/mol. The normalized spacial score (nSPS) is 10.4. The van der Waals surface area contributed by atoms with E-state index in [1.54, 1.807) is 11.8 Å². The Hall–Kier alpha value is -0.490. The third-order valence-electron chi connectivity index (χ3n) is 1.75. The molecule has 1 heterocycles. The van der Waals surface area contributed by atoms with Gasteiger partial charge in [-0.05, 0) is 34.4 Å². The fourth-order valence-electron chi connectivity index (χ4n) is 1.06. The first-order chi connectivity index (χ1) is 6.66. The molecule has 0 aromatic carbocycles. The van der Waals surface area contributed by atoms with Crippen LogP contribution in [0.15, 0.2) is 20.3 Å². The third kappa shape index (κ3) is 2.75. The van der Waals surface area contributed by atoms with Crippen molar-refractivity contribution in [2.75, 3.05) is 12.0 Å². The molecular weight excluding hydrogens is 268 g/mol. The van der Waals surface area contributed by atoms with Crippen molar-refractivity contribution < 1.29 is 0 Å². The Balaban J connectivity index is 2.90. The smallest absolute Gasteiger partial charge is 0.313 e. The van der Waals surface area contributed by atoms with E-state index in [-0.39, 0.29) is 11.2 Å². The standard InChI is InChI=1S/C8H11BrN2O2S/c1-14-4-2-3-11-7(12)6(9)5-10-8(11)13/h5H,2-4H2,1H3,(H,10,13). The van der Waals surface area contributed by atoms with Crippen molar-refractivity contribution in [3.63, 3.8) is 0 Å². The second kappa shape index (κ2) is 5.41. The van der Waals surface area contributed by atoms with Gasteiger partial charge < -0.3 is 4.98 Å². The summed E-state index contributed by atoms with van der Waals surface area (Å²) in [5.74, 6) is 0.943. The van der Waals surface area contributed by atoms with E-state index in [9.17, 15) is 9.59 Å². The number of halogens is 1. The van der Waals surface area contributed by atoms with Crippen LogP contribution in [0.25, 0.3) is 0 Å². The van der Waals surface area contributed by atoms with Gasteiger partial charge in [0, 0.05) is 12.7 Å². The minimum Gasteiger partial charge on any atom is -0.313 e. The summed E-state index contributed by atoms with van der Waals surface area (Å²) in [4.78, 5) is 25.2. The van der Waals surface area contributed by atoms with E-state index in [4.69, 9.17) is 0 Å². The highest BCUT2D eigenvalue weighted by Crippen LogP contribution is 1.98. The van der Waals surface area contributed by atoms with Crippen LogP contribution in [-0.2, 0) is 6.54 Å². The number of hydrogen-bond donors (Lipinski definition) is 1. The van der Waals surface area contributed by atoms with Crippen LogP contribution >= 0.6 is 27.7 Å². The van der Waals surface area contributed by atoms with E-state index in [1.165, 1.54) is 10.8 Å². The predicted octanol–water partition coefficient (Wildman–Crippen LogP) is 1.05. The molecule has 0 atom stereocenters. The van der Waals surface area contributed by atoms with Gasteiger partial charge in [0.25, 0.3) is 5.56 Å². The Morgan fingerprint density at radius 3 is 2.93 bits per heavy atom. The molecule has 0 aliphatic rings. The first-order valence-corrected chi connectivity index (χ1v) is 6.32. The summed E-state index contributed by atoms with van der Waals surface area (Å²) < 4.78 is 1.60. The average Bonchev–Trinajstić information content (AvgIpc) is 2.18. The molecule has 0 fully saturated rings. The van der Waals surface area contributed by atoms with E-state index in [2.05, 4.69) is 20.9 Å². The van der Waals surface area contributed by atoms with Crippen LogP contribution in [0.4, 0.5) is 0 Å². The zero-order valence-electron chi connectivity index (χ0n) is 7.75. The number of rotatable bonds is 4. The first-order valence-electron chi connectivity index (χ1n) is 4.13. The van der Waals surface area contributed by atoms with Gasteiger partial charge in [-0.2, -0.15) is 11.8 Å². The van der Waals surface area contributed by atoms with Crippen LogP contribution in [0.2, 0.25) is 0 Å². The maximum absolute atomic E-state index is 11.5. The Labute approximate surface area is 93.9 Å². The monoisotopic (exact) mass is 278 g/mol. The largest absolute Gasteiger partial charge is 0.328 e. The van der Waals surface area contributed by atoms with Gasteiger partial charge in [-0.3, -0.25) is 9.36 Å². The molecule has 0 saturated heterocycles. The van der Waals surface area contributed by atoms with Crippen molar-refractivity contribution in [3.05, 3.63) is 31.5 Å². The molecule has 0 spiro atoms. The summed E-state index contributed by atoms with van der Waals surface area (Å²) in [6.07, 6.45) is 4.18. The fraction of sp³-hybridized carbons (Fsp3) is 0.500. The zero-order chi connectivity index (χ0) is 10.6. The number of H-pyrrole nitrogens is 1. The van der Waals surface area contributed by atoms with Gasteiger partial charge in [0.15, 0.2) is 0 Å². The molecule has 1 rings (SSSR count). The maximum atomic E-state index is 11.5. The molecular formula is C8H11BrN2O2S. The van der Waals surface area contributed by atoms with E-state index >= 15 is 0 Å². The zero-order valence-corrected chi connectivity index (χ0v) is 10.2. The number of hydrogen-bond acceptors (Lipinski definition) is 3. The van der Waals surface area contributed by atoms with Crippen LogP contribution in [-0.4, -0.2) is 21.6 Å². The molecule has 14 heavy (non-hydrogen) atoms. The van der Waals surface area contributed by atoms with Crippen molar-refractivity contribution in [1.29, 1.82) is 0 Å². The lowest BCUT2D eigenvalue weighted by molar-refractivity contribution is 0.615. The van der Waals surface area contributed by atoms with Gasteiger partial charge >= 0.3 is 5.69 Å². The highest BCUT2D eigenvalue weighted by molar-refractivity contribution is 9.10. The van der Waals surface area contributed by atoms with Crippen molar-refractivity contribution in [2.24, 2.45) is 0 Å². The lowest BCUT2D eigenvalue weighted by Crippen LogP contribution is -2.35. The van der Waals surface area contributed by atoms with Crippen LogP contribution in [0.5, 0.6) is 0 Å². The first kappa shape index (κ1) is 11.6. The molecule has 0 bridgehead atoms. The summed E-state index contributed by atoms with van der Waals surface area (Å²) in [5, 5.41) is 0. The highest BCUT2D eigenvalue weighted by atomic mass is 79.9. The quantitative estimate of drug-likeness (QED) is 0.838. The summed E-state index contributed by atoms with van der Waals surface area (Å²) in [5.41, 5.74) is -0.617. The highest BCUT2D eigenvalue weighted by Gasteiger charge is 2.03. The van der Waals surface area contributed by atoms with Crippen LogP contribution < -0.4 is 11.2 Å². The average molecular weight is 279 g/mol. The molecule has 0 aliphatic heterocycles. The van der Waals surface area contributed by atoms with Gasteiger partial charge in [-0.15, -0.1) is 0 Å². The minimum atomic E-state index is -0.348. The molecule has 1 aromatic heterocycles. The van der Waals surface area contributed by atoms with Crippen molar-refractivity contribution in [2.45, 2.75) is 13.0 Å². The molecule has 0 unspecified atom stereocenters. The molecule has 0 saturated carbocycles. The molecule has 4 nitrogen and oxygen atoms in total. The number of aromatic nitrogens is 2. The van der Waals surface area contributed by atoms with Gasteiger partial charge in [-0.1, -0.05) is 0 Å². The number of aromatic amines is 1. The van der Waals surface area contributed by atoms with E-state index in [0.717, 1.165) is 12.2 Å². The number of nitrogens with one attached hydrogen (secondary N) is 1. The summed E-state index contributed by atoms with van der Waals surface area (Å²) in [7, 11) is 0. The second-order valence-corrected chi connectivity index (χ2v) is 4.58. The third-order valence-corrected chi connectivity index (χ3v) is 3.01. The Morgan fingerprint density at radius 1 is 1.57 bits per heavy atom. The minimum absolute atomic E-state index is 0.269. The second-order valence-electron chi connectivity index (χ2n) is 2.74. The van der Waals surface area contributed by atoms with Gasteiger partial charge in [0.05, 0.1) is 4.47 Å². The van der Waals surface area contributed by atoms with Crippen molar-refractivity contribution >= 4 is 27.7 Å². The molecule has 1 aromatic rings. The van der Waals surface area contributed by atoms with E-state index < -0.39 is 0 Å². The maximum Gasteiger partial charge on any atom is 0.328 e. The lowest BCUT2D eigenvalue weighted by Gasteiger charge is -2.03. The fourth-order valence-corrected chi connectivity index (χ4v) is 1.80. The van der Waals surface area contributed by atoms with Crippen LogP contribution in [0.1, 0.15) is 6.42 Å². The Morgan fingerprint density at radius 2 is 2.29 bits per heavy atom. The van der Waals surface area contributed by atoms with E-state index in [0.29, 0.717) is 11.0 Å².